The lowest BCUT2D eigenvalue weighted by Gasteiger charge is -2.37. The van der Waals surface area contributed by atoms with E-state index < -0.39 is 5.60 Å². The quantitative estimate of drug-likeness (QED) is 0.615. The van der Waals surface area contributed by atoms with E-state index in [9.17, 15) is 9.18 Å². The zero-order chi connectivity index (χ0) is 19.9. The average Bonchev–Trinajstić information content (AvgIpc) is 2.60. The highest BCUT2D eigenvalue weighted by molar-refractivity contribution is 6.02. The van der Waals surface area contributed by atoms with Gasteiger partial charge in [0, 0.05) is 35.0 Å². The Morgan fingerprint density at radius 1 is 1.29 bits per heavy atom. The molecule has 1 aliphatic rings. The Morgan fingerprint density at radius 2 is 2.11 bits per heavy atom. The first-order chi connectivity index (χ1) is 13.3. The molecule has 2 heterocycles. The topological polar surface area (TPSA) is 89.3 Å². The first kappa shape index (κ1) is 18.0. The largest absolute Gasteiger partial charge is 0.487 e. The second kappa shape index (κ2) is 6.67. The number of ether oxygens (including phenoxy) is 1. The highest BCUT2D eigenvalue weighted by atomic mass is 19.1. The van der Waals surface area contributed by atoms with Crippen molar-refractivity contribution in [1.29, 1.82) is 0 Å². The number of nitrogens with one attached hydrogen (secondary N) is 2. The number of rotatable bonds is 2. The zero-order valence-corrected chi connectivity index (χ0v) is 15.6. The second-order valence-corrected chi connectivity index (χ2v) is 7.53. The number of hydrogen-bond donors (Lipinski definition) is 3. The molecule has 2 amide bonds. The van der Waals surface area contributed by atoms with Gasteiger partial charge in [0.2, 0.25) is 0 Å². The van der Waals surface area contributed by atoms with Crippen molar-refractivity contribution in [2.45, 2.75) is 31.9 Å². The number of benzene rings is 2. The molecule has 1 aliphatic heterocycles. The Labute approximate surface area is 161 Å². The Balaban J connectivity index is 1.59. The molecular weight excluding hydrogens is 359 g/mol. The summed E-state index contributed by atoms with van der Waals surface area (Å²) in [5.41, 5.74) is 6.64. The lowest BCUT2D eigenvalue weighted by Crippen LogP contribution is -2.42. The van der Waals surface area contributed by atoms with Crippen LogP contribution < -0.4 is 21.1 Å². The number of nitrogen functional groups attached to an aromatic ring is 1. The lowest BCUT2D eigenvalue weighted by atomic mass is 9.90. The van der Waals surface area contributed by atoms with Crippen LogP contribution in [0.5, 0.6) is 5.75 Å². The maximum absolute atomic E-state index is 13.6. The number of fused-ring (bicyclic) bond motifs is 2. The Kier molecular flexibility index (Phi) is 4.30. The first-order valence-electron chi connectivity index (χ1n) is 9.01. The van der Waals surface area contributed by atoms with Gasteiger partial charge < -0.3 is 21.1 Å². The van der Waals surface area contributed by atoms with Gasteiger partial charge in [-0.25, -0.2) is 14.2 Å². The zero-order valence-electron chi connectivity index (χ0n) is 15.6. The van der Waals surface area contributed by atoms with E-state index >= 15 is 0 Å². The summed E-state index contributed by atoms with van der Waals surface area (Å²) in [4.78, 5) is 16.8. The smallest absolute Gasteiger partial charge is 0.319 e. The van der Waals surface area contributed by atoms with E-state index in [4.69, 9.17) is 10.5 Å². The molecule has 4 rings (SSSR count). The van der Waals surface area contributed by atoms with E-state index in [1.165, 1.54) is 12.1 Å². The van der Waals surface area contributed by atoms with Crippen molar-refractivity contribution in [1.82, 2.24) is 10.3 Å². The number of halogens is 1. The number of nitrogens with zero attached hydrogens (tertiary/aromatic N) is 1. The molecule has 0 spiro atoms. The van der Waals surface area contributed by atoms with Gasteiger partial charge in [0.1, 0.15) is 23.0 Å². The summed E-state index contributed by atoms with van der Waals surface area (Å²) in [5, 5.41) is 7.54. The lowest BCUT2D eigenvalue weighted by molar-refractivity contribution is 0.0678. The highest BCUT2D eigenvalue weighted by Gasteiger charge is 2.34. The van der Waals surface area contributed by atoms with Crippen molar-refractivity contribution in [2.24, 2.45) is 0 Å². The summed E-state index contributed by atoms with van der Waals surface area (Å²) < 4.78 is 19.5. The van der Waals surface area contributed by atoms with E-state index in [1.54, 1.807) is 24.4 Å². The monoisotopic (exact) mass is 380 g/mol. The molecular formula is C21H21FN4O2. The molecule has 3 aromatic rings. The fourth-order valence-electron chi connectivity index (χ4n) is 3.57. The predicted molar refractivity (Wildman–Crippen MR) is 107 cm³/mol. The van der Waals surface area contributed by atoms with Crippen LogP contribution in [0, 0.1) is 5.82 Å². The molecule has 1 atom stereocenters. The van der Waals surface area contributed by atoms with Gasteiger partial charge >= 0.3 is 6.03 Å². The first-order valence-corrected chi connectivity index (χ1v) is 9.01. The highest BCUT2D eigenvalue weighted by Crippen LogP contribution is 2.39. The molecule has 6 nitrogen and oxygen atoms in total. The SMILES string of the molecule is CC1(C)C[C@@H](NC(=O)Nc2cccc3cnc(N)cc23)c2ccc(F)cc2O1. The number of carbonyl (C=O) groups is 1. The van der Waals surface area contributed by atoms with Gasteiger partial charge in [0.05, 0.1) is 11.7 Å². The number of nitrogens with two attached hydrogens (primary N) is 1. The van der Waals surface area contributed by atoms with Crippen molar-refractivity contribution >= 4 is 28.3 Å². The van der Waals surface area contributed by atoms with Gasteiger partial charge in [-0.3, -0.25) is 0 Å². The van der Waals surface area contributed by atoms with Crippen molar-refractivity contribution in [3.05, 3.63) is 60.0 Å². The number of amides is 2. The molecule has 28 heavy (non-hydrogen) atoms. The van der Waals surface area contributed by atoms with Crippen LogP contribution in [0.15, 0.2) is 48.7 Å². The number of urea groups is 1. The van der Waals surface area contributed by atoms with Gasteiger partial charge in [-0.1, -0.05) is 18.2 Å². The van der Waals surface area contributed by atoms with Crippen LogP contribution in [-0.4, -0.2) is 16.6 Å². The molecule has 0 saturated heterocycles. The number of aromatic nitrogens is 1. The Bertz CT molecular complexity index is 1070. The molecule has 7 heteroatoms. The number of hydrogen-bond acceptors (Lipinski definition) is 4. The number of pyridine rings is 1. The number of anilines is 2. The Hall–Kier alpha value is -3.35. The normalized spacial score (nSPS) is 17.5. The molecule has 1 aromatic heterocycles. The second-order valence-electron chi connectivity index (χ2n) is 7.53. The van der Waals surface area contributed by atoms with Crippen LogP contribution >= 0.6 is 0 Å². The molecule has 0 aliphatic carbocycles. The van der Waals surface area contributed by atoms with Gasteiger partial charge in [0.15, 0.2) is 0 Å². The fraction of sp³-hybridized carbons (Fsp3) is 0.238. The van der Waals surface area contributed by atoms with Gasteiger partial charge in [0.25, 0.3) is 0 Å². The van der Waals surface area contributed by atoms with Crippen molar-refractivity contribution in [3.63, 3.8) is 0 Å². The minimum absolute atomic E-state index is 0.305. The van der Waals surface area contributed by atoms with E-state index in [0.29, 0.717) is 23.7 Å². The van der Waals surface area contributed by atoms with Crippen LogP contribution in [0.2, 0.25) is 0 Å². The maximum atomic E-state index is 13.6. The molecule has 2 aromatic carbocycles. The summed E-state index contributed by atoms with van der Waals surface area (Å²) >= 11 is 0. The summed E-state index contributed by atoms with van der Waals surface area (Å²) in [5.74, 6) is 0.455. The standard InChI is InChI=1S/C21H21FN4O2/c1-21(2)10-17(14-7-6-13(22)8-18(14)28-21)26-20(27)25-16-5-3-4-12-11-24-19(23)9-15(12)16/h3-9,11,17H,10H2,1-2H3,(H2,23,24)(H2,25,26,27)/t17-/m1/s1. The maximum Gasteiger partial charge on any atom is 0.319 e. The summed E-state index contributed by atoms with van der Waals surface area (Å²) in [6, 6.07) is 11.0. The summed E-state index contributed by atoms with van der Waals surface area (Å²) in [6.45, 7) is 3.82. The molecule has 144 valence electrons. The van der Waals surface area contributed by atoms with E-state index in [1.807, 2.05) is 26.0 Å². The fourth-order valence-corrected chi connectivity index (χ4v) is 3.57. The van der Waals surface area contributed by atoms with Crippen LogP contribution in [0.1, 0.15) is 31.9 Å². The van der Waals surface area contributed by atoms with Crippen molar-refractivity contribution in [2.75, 3.05) is 11.1 Å². The van der Waals surface area contributed by atoms with E-state index in [-0.39, 0.29) is 17.9 Å². The molecule has 0 radical (unpaired) electrons. The number of carbonyl (C=O) groups excluding carboxylic acids is 1. The average molecular weight is 380 g/mol. The molecule has 0 saturated carbocycles. The van der Waals surface area contributed by atoms with Crippen molar-refractivity contribution in [3.8, 4) is 5.75 Å². The van der Waals surface area contributed by atoms with Gasteiger partial charge in [-0.05, 0) is 32.0 Å². The summed E-state index contributed by atoms with van der Waals surface area (Å²) in [7, 11) is 0. The predicted octanol–water partition coefficient (Wildman–Crippen LogP) is 4.38. The third-order valence-electron chi connectivity index (χ3n) is 4.77. The van der Waals surface area contributed by atoms with Crippen LogP contribution in [-0.2, 0) is 0 Å². The molecule has 0 unspecified atom stereocenters. The van der Waals surface area contributed by atoms with E-state index in [0.717, 1.165) is 16.3 Å². The third kappa shape index (κ3) is 3.55. The summed E-state index contributed by atoms with van der Waals surface area (Å²) in [6.07, 6.45) is 2.23. The minimum Gasteiger partial charge on any atom is -0.487 e. The van der Waals surface area contributed by atoms with Gasteiger partial charge in [-0.2, -0.15) is 0 Å². The van der Waals surface area contributed by atoms with Crippen LogP contribution in [0.3, 0.4) is 0 Å². The Morgan fingerprint density at radius 3 is 2.93 bits per heavy atom. The van der Waals surface area contributed by atoms with Gasteiger partial charge in [-0.15, -0.1) is 0 Å². The van der Waals surface area contributed by atoms with E-state index in [2.05, 4.69) is 15.6 Å². The molecule has 0 bridgehead atoms. The molecule has 4 N–H and O–H groups in total. The van der Waals surface area contributed by atoms with Crippen LogP contribution in [0.4, 0.5) is 20.7 Å². The molecule has 0 fully saturated rings. The minimum atomic E-state index is -0.529. The van der Waals surface area contributed by atoms with Crippen LogP contribution in [0.25, 0.3) is 10.8 Å². The van der Waals surface area contributed by atoms with Crippen molar-refractivity contribution < 1.29 is 13.9 Å². The third-order valence-corrected chi connectivity index (χ3v) is 4.77.